The molecule has 0 aromatic carbocycles. The molecule has 0 fully saturated rings. The van der Waals surface area contributed by atoms with E-state index in [1.54, 1.807) is 0 Å². The van der Waals surface area contributed by atoms with Crippen molar-refractivity contribution in [2.45, 2.75) is 161 Å². The summed E-state index contributed by atoms with van der Waals surface area (Å²) in [5, 5.41) is 0. The molecular weight excluding hydrogens is 611 g/mol. The Bertz CT molecular complexity index is 1160. The van der Waals surface area contributed by atoms with Crippen molar-refractivity contribution in [2.75, 3.05) is 0 Å². The van der Waals surface area contributed by atoms with Crippen LogP contribution in [0.5, 0.6) is 0 Å². The maximum Gasteiger partial charge on any atom is 0.256 e. The van der Waals surface area contributed by atoms with Gasteiger partial charge >= 0.3 is 0 Å². The van der Waals surface area contributed by atoms with Crippen molar-refractivity contribution >= 4 is 7.82 Å². The van der Waals surface area contributed by atoms with Crippen molar-refractivity contribution in [3.63, 3.8) is 0 Å². The highest BCUT2D eigenvalue weighted by atomic mass is 31.2. The highest BCUT2D eigenvalue weighted by Crippen LogP contribution is 2.13. The van der Waals surface area contributed by atoms with Gasteiger partial charge in [-0.25, -0.2) is 27.4 Å². The molecule has 0 spiro atoms. The SMILES string of the molecule is CCc1c(CC)[n+](CC)c(CC)n1C.CCc1c(CC)[n+](CC)c(CC)n1C.CCc1c(CC)[n+](CC)c(CC)n1C.O=P([O-])([O-])[O-]. The Hall–Kier alpha value is -2.26. The molecule has 10 nitrogen and oxygen atoms in total. The molecule has 0 bridgehead atoms. The Morgan fingerprint density at radius 2 is 0.617 bits per heavy atom. The molecule has 0 N–H and O–H groups in total. The summed E-state index contributed by atoms with van der Waals surface area (Å²) in [5.41, 5.74) is 9.08. The number of hydrogen-bond donors (Lipinski definition) is 0. The van der Waals surface area contributed by atoms with Crippen LogP contribution in [0.2, 0.25) is 0 Å². The lowest BCUT2D eigenvalue weighted by molar-refractivity contribution is -0.707. The van der Waals surface area contributed by atoms with Gasteiger partial charge in [0.1, 0.15) is 34.2 Å². The first kappa shape index (κ1) is 44.7. The molecule has 3 rings (SSSR count). The van der Waals surface area contributed by atoms with E-state index >= 15 is 0 Å². The minimum Gasteiger partial charge on any atom is -0.822 e. The molecule has 0 saturated heterocycles. The third kappa shape index (κ3) is 11.4. The zero-order chi connectivity index (χ0) is 36.6. The van der Waals surface area contributed by atoms with Gasteiger partial charge in [-0.1, -0.05) is 62.3 Å². The van der Waals surface area contributed by atoms with Crippen LogP contribution in [0.15, 0.2) is 0 Å². The molecule has 0 saturated carbocycles. The molecule has 0 unspecified atom stereocenters. The van der Waals surface area contributed by atoms with Crippen LogP contribution >= 0.6 is 7.82 Å². The average molecular weight is 681 g/mol. The van der Waals surface area contributed by atoms with E-state index in [2.05, 4.69) is 132 Å². The molecule has 3 heterocycles. The lowest BCUT2D eigenvalue weighted by atomic mass is 10.2. The van der Waals surface area contributed by atoms with E-state index < -0.39 is 7.82 Å². The van der Waals surface area contributed by atoms with Crippen LogP contribution in [-0.4, -0.2) is 13.7 Å². The Labute approximate surface area is 287 Å². The smallest absolute Gasteiger partial charge is 0.256 e. The summed E-state index contributed by atoms with van der Waals surface area (Å²) in [5.74, 6) is 4.38. The standard InChI is InChI=1S/3C12H23N2.H3O4P/c3*1-6-10-11(7-2)14(9-4)12(8-3)13(10)5;1-5(2,3)4/h3*6-9H2,1-5H3;(H3,1,2,3,4)/q3*+1;/p-3. The minimum atomic E-state index is -5.39. The fraction of sp³-hybridized carbons (Fsp3) is 0.750. The van der Waals surface area contributed by atoms with Crippen molar-refractivity contribution in [1.82, 2.24) is 13.7 Å². The second-order valence-electron chi connectivity index (χ2n) is 11.5. The summed E-state index contributed by atoms with van der Waals surface area (Å²) in [6, 6.07) is 0. The van der Waals surface area contributed by atoms with Gasteiger partial charge < -0.3 is 19.2 Å². The quantitative estimate of drug-likeness (QED) is 0.216. The molecule has 0 aliphatic carbocycles. The van der Waals surface area contributed by atoms with Gasteiger partial charge in [0.2, 0.25) is 0 Å². The highest BCUT2D eigenvalue weighted by Gasteiger charge is 2.25. The van der Waals surface area contributed by atoms with Crippen LogP contribution in [0.3, 0.4) is 0 Å². The summed E-state index contributed by atoms with van der Waals surface area (Å²) < 4.78 is 23.1. The topological polar surface area (TPSA) is 113 Å². The van der Waals surface area contributed by atoms with Gasteiger partial charge in [0, 0.05) is 57.8 Å². The molecule has 0 atom stereocenters. The number of phosphoric acid groups is 1. The fourth-order valence-corrected chi connectivity index (χ4v) is 7.44. The first-order valence-electron chi connectivity index (χ1n) is 18.1. The third-order valence-corrected chi connectivity index (χ3v) is 9.19. The first-order valence-corrected chi connectivity index (χ1v) is 19.6. The van der Waals surface area contributed by atoms with Gasteiger partial charge in [-0.3, -0.25) is 0 Å². The van der Waals surface area contributed by atoms with Crippen LogP contribution in [0.4, 0.5) is 0 Å². The molecule has 0 radical (unpaired) electrons. The summed E-state index contributed by atoms with van der Waals surface area (Å²) in [6.07, 6.45) is 10.2. The summed E-state index contributed by atoms with van der Waals surface area (Å²) >= 11 is 0. The Morgan fingerprint density at radius 1 is 0.426 bits per heavy atom. The van der Waals surface area contributed by atoms with Crippen LogP contribution in [0, 0.1) is 0 Å². The van der Waals surface area contributed by atoms with Gasteiger partial charge in [-0.2, -0.15) is 7.82 Å². The molecule has 3 aromatic rings. The highest BCUT2D eigenvalue weighted by molar-refractivity contribution is 7.40. The van der Waals surface area contributed by atoms with Crippen molar-refractivity contribution in [2.24, 2.45) is 21.1 Å². The molecule has 0 aliphatic rings. The van der Waals surface area contributed by atoms with E-state index in [4.69, 9.17) is 19.2 Å². The van der Waals surface area contributed by atoms with Crippen LogP contribution < -0.4 is 28.4 Å². The summed E-state index contributed by atoms with van der Waals surface area (Å²) in [6.45, 7) is 30.2. The number of rotatable bonds is 12. The normalized spacial score (nSPS) is 11.0. The number of imidazole rings is 3. The number of hydrogen-bond acceptors (Lipinski definition) is 4. The van der Waals surface area contributed by atoms with E-state index in [1.165, 1.54) is 51.6 Å². The third-order valence-electron chi connectivity index (χ3n) is 9.19. The lowest BCUT2D eigenvalue weighted by Crippen LogP contribution is -2.39. The molecule has 11 heteroatoms. The van der Waals surface area contributed by atoms with Crippen LogP contribution in [-0.2, 0) is 103 Å². The fourth-order valence-electron chi connectivity index (χ4n) is 7.44. The second-order valence-corrected chi connectivity index (χ2v) is 12.4. The van der Waals surface area contributed by atoms with Crippen LogP contribution in [0.25, 0.3) is 0 Å². The maximum atomic E-state index is 8.55. The van der Waals surface area contributed by atoms with Gasteiger partial charge in [-0.05, 0) is 20.8 Å². The molecule has 3 aromatic heterocycles. The zero-order valence-electron chi connectivity index (χ0n) is 32.7. The predicted octanol–water partition coefficient (Wildman–Crippen LogP) is 3.23. The van der Waals surface area contributed by atoms with Crippen LogP contribution in [0.1, 0.15) is 135 Å². The van der Waals surface area contributed by atoms with Gasteiger partial charge in [0.05, 0.1) is 40.8 Å². The van der Waals surface area contributed by atoms with E-state index in [1.807, 2.05) is 0 Å². The van der Waals surface area contributed by atoms with Gasteiger partial charge in [0.15, 0.2) is 0 Å². The molecule has 0 amide bonds. The van der Waals surface area contributed by atoms with Gasteiger partial charge in [-0.15, -0.1) is 0 Å². The zero-order valence-corrected chi connectivity index (χ0v) is 33.6. The molecule has 0 aliphatic heterocycles. The molecular formula is C36H69N6O4P. The van der Waals surface area contributed by atoms with E-state index in [0.717, 1.165) is 77.4 Å². The lowest BCUT2D eigenvalue weighted by Gasteiger charge is -2.36. The van der Waals surface area contributed by atoms with E-state index in [-0.39, 0.29) is 0 Å². The monoisotopic (exact) mass is 681 g/mol. The van der Waals surface area contributed by atoms with Crippen molar-refractivity contribution in [3.05, 3.63) is 51.6 Å². The largest absolute Gasteiger partial charge is 0.822 e. The molecule has 47 heavy (non-hydrogen) atoms. The van der Waals surface area contributed by atoms with Gasteiger partial charge in [0.25, 0.3) is 17.5 Å². The van der Waals surface area contributed by atoms with Crippen molar-refractivity contribution < 1.29 is 32.9 Å². The number of nitrogens with zero attached hydrogens (tertiary/aromatic N) is 6. The van der Waals surface area contributed by atoms with E-state index in [0.29, 0.717) is 0 Å². The first-order chi connectivity index (χ1) is 22.1. The Morgan fingerprint density at radius 3 is 0.723 bits per heavy atom. The maximum absolute atomic E-state index is 8.55. The summed E-state index contributed by atoms with van der Waals surface area (Å²) in [4.78, 5) is 25.6. The van der Waals surface area contributed by atoms with Crippen molar-refractivity contribution in [1.29, 1.82) is 0 Å². The average Bonchev–Trinajstić information content (AvgIpc) is 3.60. The summed E-state index contributed by atoms with van der Waals surface area (Å²) in [7, 11) is 1.20. The van der Waals surface area contributed by atoms with Crippen molar-refractivity contribution in [3.8, 4) is 0 Å². The number of aromatic nitrogens is 6. The van der Waals surface area contributed by atoms with E-state index in [9.17, 15) is 0 Å². The second kappa shape index (κ2) is 21.7. The molecule has 272 valence electrons. The minimum absolute atomic E-state index is 1.10. The Kier molecular flexibility index (Phi) is 20.6. The Balaban J connectivity index is 0.000000629. The predicted molar refractivity (Wildman–Crippen MR) is 186 cm³/mol.